The van der Waals surface area contributed by atoms with Gasteiger partial charge in [0, 0.05) is 11.6 Å². The highest BCUT2D eigenvalue weighted by Gasteiger charge is 2.11. The Morgan fingerprint density at radius 2 is 1.61 bits per heavy atom. The third-order valence-electron chi connectivity index (χ3n) is 3.32. The monoisotopic (exact) mass is 322 g/mol. The minimum Gasteiger partial charge on any atom is -0.436 e. The third kappa shape index (κ3) is 2.62. The Morgan fingerprint density at radius 1 is 0.826 bits per heavy atom. The maximum Gasteiger partial charge on any atom is 0.237 e. The molecule has 2 aromatic carbocycles. The number of benzene rings is 2. The van der Waals surface area contributed by atoms with Crippen molar-refractivity contribution in [2.45, 2.75) is 0 Å². The van der Waals surface area contributed by atoms with Crippen molar-refractivity contribution in [3.8, 4) is 23.0 Å². The Hall–Kier alpha value is -2.92. The summed E-state index contributed by atoms with van der Waals surface area (Å²) in [5, 5.41) is 13.3. The summed E-state index contributed by atoms with van der Waals surface area (Å²) in [4.78, 5) is 0. The highest BCUT2D eigenvalue weighted by Crippen LogP contribution is 2.28. The molecule has 0 fully saturated rings. The molecule has 0 aliphatic carbocycles. The molecule has 0 atom stereocenters. The molecule has 0 bridgehead atoms. The number of ether oxygens (including phenoxy) is 1. The molecular formula is C17H11ClN4O. The minimum absolute atomic E-state index is 0.419. The zero-order valence-corrected chi connectivity index (χ0v) is 12.7. The van der Waals surface area contributed by atoms with Gasteiger partial charge in [-0.1, -0.05) is 54.1 Å². The fraction of sp³-hybridized carbons (Fsp3) is 0. The van der Waals surface area contributed by atoms with E-state index in [1.54, 1.807) is 28.8 Å². The van der Waals surface area contributed by atoms with E-state index in [0.717, 1.165) is 5.56 Å². The van der Waals surface area contributed by atoms with Gasteiger partial charge in [-0.3, -0.25) is 0 Å². The number of rotatable bonds is 3. The maximum atomic E-state index is 6.11. The van der Waals surface area contributed by atoms with Crippen molar-refractivity contribution >= 4 is 17.2 Å². The largest absolute Gasteiger partial charge is 0.436 e. The maximum absolute atomic E-state index is 6.11. The van der Waals surface area contributed by atoms with E-state index in [9.17, 15) is 0 Å². The van der Waals surface area contributed by atoms with Crippen LogP contribution in [0.15, 0.2) is 66.7 Å². The van der Waals surface area contributed by atoms with E-state index in [1.807, 2.05) is 42.5 Å². The third-order valence-corrected chi connectivity index (χ3v) is 3.63. The summed E-state index contributed by atoms with van der Waals surface area (Å²) < 4.78 is 7.41. The number of fused-ring (bicyclic) bond motifs is 1. The molecule has 4 rings (SSSR count). The molecule has 0 N–H and O–H groups in total. The summed E-state index contributed by atoms with van der Waals surface area (Å²) >= 11 is 6.11. The first-order valence-electron chi connectivity index (χ1n) is 7.01. The molecule has 0 radical (unpaired) electrons. The van der Waals surface area contributed by atoms with E-state index in [-0.39, 0.29) is 0 Å². The Balaban J connectivity index is 1.77. The van der Waals surface area contributed by atoms with Gasteiger partial charge in [0.25, 0.3) is 0 Å². The van der Waals surface area contributed by atoms with Crippen LogP contribution >= 0.6 is 11.6 Å². The minimum atomic E-state index is 0.419. The normalized spacial score (nSPS) is 10.8. The number of nitrogens with zero attached hydrogens (tertiary/aromatic N) is 4. The molecule has 0 saturated heterocycles. The molecule has 0 unspecified atom stereocenters. The Morgan fingerprint density at radius 3 is 2.43 bits per heavy atom. The first-order valence-corrected chi connectivity index (χ1v) is 7.39. The molecule has 0 saturated carbocycles. The predicted molar refractivity (Wildman–Crippen MR) is 87.7 cm³/mol. The average molecular weight is 323 g/mol. The molecule has 6 heteroatoms. The van der Waals surface area contributed by atoms with Crippen molar-refractivity contribution in [3.05, 3.63) is 71.8 Å². The second-order valence-corrected chi connectivity index (χ2v) is 5.27. The summed E-state index contributed by atoms with van der Waals surface area (Å²) in [6, 6.07) is 20.6. The highest BCUT2D eigenvalue weighted by atomic mass is 35.5. The Kier molecular flexibility index (Phi) is 3.40. The van der Waals surface area contributed by atoms with Crippen LogP contribution in [0.3, 0.4) is 0 Å². The number of para-hydroxylation sites is 1. The number of halogens is 1. The smallest absolute Gasteiger partial charge is 0.237 e. The van der Waals surface area contributed by atoms with Gasteiger partial charge in [-0.2, -0.15) is 4.52 Å². The quantitative estimate of drug-likeness (QED) is 0.566. The van der Waals surface area contributed by atoms with Crippen LogP contribution in [-0.4, -0.2) is 19.8 Å². The van der Waals surface area contributed by atoms with E-state index >= 15 is 0 Å². The van der Waals surface area contributed by atoms with Crippen LogP contribution in [0.2, 0.25) is 5.02 Å². The standard InChI is InChI=1S/C17H11ClN4O/c18-13-8-4-5-9-14(13)23-16-11-10-15-19-20-17(22(15)21-16)12-6-2-1-3-7-12/h1-11H. The van der Waals surface area contributed by atoms with E-state index < -0.39 is 0 Å². The van der Waals surface area contributed by atoms with Crippen molar-refractivity contribution < 1.29 is 4.74 Å². The van der Waals surface area contributed by atoms with Crippen LogP contribution in [0.25, 0.3) is 17.0 Å². The zero-order chi connectivity index (χ0) is 15.6. The van der Waals surface area contributed by atoms with Gasteiger partial charge in [0.2, 0.25) is 5.88 Å². The van der Waals surface area contributed by atoms with Crippen LogP contribution in [0.4, 0.5) is 0 Å². The molecule has 2 aromatic heterocycles. The summed E-state index contributed by atoms with van der Waals surface area (Å²) in [6.45, 7) is 0. The fourth-order valence-electron chi connectivity index (χ4n) is 2.23. The van der Waals surface area contributed by atoms with Crippen molar-refractivity contribution in [1.82, 2.24) is 19.8 Å². The summed E-state index contributed by atoms with van der Waals surface area (Å²) in [7, 11) is 0. The topological polar surface area (TPSA) is 52.3 Å². The van der Waals surface area contributed by atoms with Gasteiger partial charge in [0.1, 0.15) is 5.75 Å². The van der Waals surface area contributed by atoms with Gasteiger partial charge in [-0.25, -0.2) is 0 Å². The fourth-order valence-corrected chi connectivity index (χ4v) is 2.41. The van der Waals surface area contributed by atoms with Gasteiger partial charge in [0.05, 0.1) is 5.02 Å². The van der Waals surface area contributed by atoms with E-state index in [1.165, 1.54) is 0 Å². The van der Waals surface area contributed by atoms with Crippen molar-refractivity contribution in [2.75, 3.05) is 0 Å². The lowest BCUT2D eigenvalue weighted by molar-refractivity contribution is 0.453. The van der Waals surface area contributed by atoms with Crippen LogP contribution < -0.4 is 4.74 Å². The van der Waals surface area contributed by atoms with Crippen LogP contribution in [0, 0.1) is 0 Å². The van der Waals surface area contributed by atoms with E-state index in [4.69, 9.17) is 16.3 Å². The van der Waals surface area contributed by atoms with E-state index in [0.29, 0.717) is 28.1 Å². The lowest BCUT2D eigenvalue weighted by Gasteiger charge is -2.06. The van der Waals surface area contributed by atoms with Gasteiger partial charge in [-0.15, -0.1) is 15.3 Å². The average Bonchev–Trinajstić information content (AvgIpc) is 3.01. The summed E-state index contributed by atoms with van der Waals surface area (Å²) in [5.41, 5.74) is 1.58. The van der Waals surface area contributed by atoms with Gasteiger partial charge < -0.3 is 4.74 Å². The zero-order valence-electron chi connectivity index (χ0n) is 11.9. The molecule has 4 aromatic rings. The second-order valence-electron chi connectivity index (χ2n) is 4.86. The molecule has 0 aliphatic rings. The lowest BCUT2D eigenvalue weighted by Crippen LogP contribution is -1.98. The molecule has 0 amide bonds. The molecule has 2 heterocycles. The highest BCUT2D eigenvalue weighted by molar-refractivity contribution is 6.32. The number of hydrogen-bond acceptors (Lipinski definition) is 4. The molecule has 23 heavy (non-hydrogen) atoms. The molecule has 0 aliphatic heterocycles. The SMILES string of the molecule is Clc1ccccc1Oc1ccc2nnc(-c3ccccc3)n2n1. The van der Waals surface area contributed by atoms with Crippen molar-refractivity contribution in [2.24, 2.45) is 0 Å². The van der Waals surface area contributed by atoms with Crippen molar-refractivity contribution in [3.63, 3.8) is 0 Å². The summed E-state index contributed by atoms with van der Waals surface area (Å²) in [6.07, 6.45) is 0. The van der Waals surface area contributed by atoms with Gasteiger partial charge >= 0.3 is 0 Å². The Bertz CT molecular complexity index is 969. The second kappa shape index (κ2) is 5.70. The van der Waals surface area contributed by atoms with Gasteiger partial charge in [0.15, 0.2) is 11.5 Å². The number of aromatic nitrogens is 4. The van der Waals surface area contributed by atoms with Gasteiger partial charge in [-0.05, 0) is 18.2 Å². The Labute approximate surface area is 137 Å². The molecular weight excluding hydrogens is 312 g/mol. The van der Waals surface area contributed by atoms with Crippen molar-refractivity contribution in [1.29, 1.82) is 0 Å². The first-order chi connectivity index (χ1) is 11.3. The summed E-state index contributed by atoms with van der Waals surface area (Å²) in [5.74, 6) is 1.63. The van der Waals surface area contributed by atoms with Crippen LogP contribution in [0.1, 0.15) is 0 Å². The first kappa shape index (κ1) is 13.7. The van der Waals surface area contributed by atoms with Crippen LogP contribution in [0.5, 0.6) is 11.6 Å². The van der Waals surface area contributed by atoms with E-state index in [2.05, 4.69) is 15.3 Å². The molecule has 5 nitrogen and oxygen atoms in total. The lowest BCUT2D eigenvalue weighted by atomic mass is 10.2. The molecule has 112 valence electrons. The predicted octanol–water partition coefficient (Wildman–Crippen LogP) is 4.24. The number of hydrogen-bond donors (Lipinski definition) is 0. The van der Waals surface area contributed by atoms with Crippen LogP contribution in [-0.2, 0) is 0 Å². The molecule has 0 spiro atoms.